The number of amides is 1. The monoisotopic (exact) mass is 629 g/mol. The summed E-state index contributed by atoms with van der Waals surface area (Å²) in [6.45, 7) is 9.79. The first-order valence-electron chi connectivity index (χ1n) is 20.2. The van der Waals surface area contributed by atoms with Crippen LogP contribution in [0, 0.1) is 0 Å². The van der Waals surface area contributed by atoms with Crippen molar-refractivity contribution in [1.29, 1.82) is 0 Å². The molecule has 1 aliphatic heterocycles. The van der Waals surface area contributed by atoms with Crippen LogP contribution in [0.15, 0.2) is 24.3 Å². The predicted molar refractivity (Wildman–Crippen MR) is 199 cm³/mol. The van der Waals surface area contributed by atoms with E-state index in [1.165, 1.54) is 173 Å². The van der Waals surface area contributed by atoms with Crippen LogP contribution < -0.4 is 5.43 Å². The molecule has 0 aromatic rings. The number of likely N-dealkylation sites (N-methyl/N-ethyl adjacent to an activating group) is 1. The van der Waals surface area contributed by atoms with E-state index in [-0.39, 0.29) is 5.91 Å². The molecular weight excluding hydrogens is 550 g/mol. The number of hydrogen-bond donors (Lipinski definition) is 1. The largest absolute Gasteiger partial charge is 0.272 e. The lowest BCUT2D eigenvalue weighted by Crippen LogP contribution is -2.45. The standard InChI is InChI=1S/C41H77N3O/c1-4-7-9-11-13-15-17-19-21-23-25-27-29-31-33-35-37-41-43(6-3)38-39-44(41)42-40(45)36-34-32-30-28-26-24-22-20-18-16-14-12-10-8-5-2/h19-22H,4-18,23-39H2,1-3H3/p+1/b21-19-,22-20-. The Balaban J connectivity index is 2.02. The number of carbonyl (C=O) groups excluding carboxylic acids is 1. The number of hydrazine groups is 1. The average molecular weight is 629 g/mol. The Morgan fingerprint density at radius 3 is 1.42 bits per heavy atom. The zero-order valence-electron chi connectivity index (χ0n) is 30.7. The van der Waals surface area contributed by atoms with E-state index in [0.29, 0.717) is 6.42 Å². The molecule has 0 fully saturated rings. The van der Waals surface area contributed by atoms with Crippen LogP contribution in [0.1, 0.15) is 207 Å². The average Bonchev–Trinajstić information content (AvgIpc) is 3.43. The quantitative estimate of drug-likeness (QED) is 0.0446. The highest BCUT2D eigenvalue weighted by Gasteiger charge is 2.30. The molecular formula is C41H78N3O+. The summed E-state index contributed by atoms with van der Waals surface area (Å²) in [6.07, 6.45) is 46.9. The lowest BCUT2D eigenvalue weighted by Gasteiger charge is -2.14. The second-order valence-electron chi connectivity index (χ2n) is 13.7. The molecule has 1 amide bonds. The first kappa shape index (κ1) is 41.4. The molecule has 0 radical (unpaired) electrons. The Bertz CT molecular complexity index is 756. The number of nitrogens with zero attached hydrogens (tertiary/aromatic N) is 2. The van der Waals surface area contributed by atoms with Gasteiger partial charge in [-0.25, -0.2) is 0 Å². The maximum absolute atomic E-state index is 12.7. The minimum Gasteiger partial charge on any atom is -0.272 e. The molecule has 1 rings (SSSR count). The van der Waals surface area contributed by atoms with Gasteiger partial charge in [-0.1, -0.05) is 147 Å². The van der Waals surface area contributed by atoms with E-state index in [0.717, 1.165) is 32.5 Å². The molecule has 0 aromatic carbocycles. The van der Waals surface area contributed by atoms with Gasteiger partial charge in [0.15, 0.2) is 0 Å². The minimum absolute atomic E-state index is 0.198. The van der Waals surface area contributed by atoms with E-state index in [2.05, 4.69) is 60.1 Å². The third-order valence-electron chi connectivity index (χ3n) is 9.49. The van der Waals surface area contributed by atoms with Crippen LogP contribution in [0.2, 0.25) is 0 Å². The molecule has 4 nitrogen and oxygen atoms in total. The van der Waals surface area contributed by atoms with E-state index in [1.54, 1.807) is 0 Å². The smallest absolute Gasteiger partial charge is 0.270 e. The number of nitrogens with one attached hydrogen (secondary N) is 1. The van der Waals surface area contributed by atoms with Gasteiger partial charge in [0.2, 0.25) is 0 Å². The Morgan fingerprint density at radius 2 is 0.978 bits per heavy atom. The van der Waals surface area contributed by atoms with Crippen LogP contribution in [0.4, 0.5) is 0 Å². The normalized spacial score (nSPS) is 13.7. The fourth-order valence-electron chi connectivity index (χ4n) is 6.50. The van der Waals surface area contributed by atoms with Crippen molar-refractivity contribution in [1.82, 2.24) is 10.4 Å². The summed E-state index contributed by atoms with van der Waals surface area (Å²) >= 11 is 0. The zero-order valence-corrected chi connectivity index (χ0v) is 30.7. The van der Waals surface area contributed by atoms with Gasteiger partial charge in [0.05, 0.1) is 13.0 Å². The van der Waals surface area contributed by atoms with Crippen molar-refractivity contribution in [2.24, 2.45) is 0 Å². The lowest BCUT2D eigenvalue weighted by atomic mass is 10.1. The molecule has 0 atom stereocenters. The summed E-state index contributed by atoms with van der Waals surface area (Å²) in [7, 11) is 0. The molecule has 0 aliphatic carbocycles. The first-order valence-corrected chi connectivity index (χ1v) is 20.2. The highest BCUT2D eigenvalue weighted by Crippen LogP contribution is 2.14. The highest BCUT2D eigenvalue weighted by atomic mass is 16.2. The van der Waals surface area contributed by atoms with Gasteiger partial charge < -0.3 is 0 Å². The van der Waals surface area contributed by atoms with Crippen LogP contribution in [0.3, 0.4) is 0 Å². The number of rotatable bonds is 33. The Morgan fingerprint density at radius 1 is 0.578 bits per heavy atom. The summed E-state index contributed by atoms with van der Waals surface area (Å²) in [5.74, 6) is 1.54. The Labute approximate surface area is 281 Å². The topological polar surface area (TPSA) is 35.4 Å². The summed E-state index contributed by atoms with van der Waals surface area (Å²) in [5, 5.41) is 2.17. The number of hydrogen-bond acceptors (Lipinski definition) is 2. The van der Waals surface area contributed by atoms with Gasteiger partial charge in [0.25, 0.3) is 11.7 Å². The molecule has 262 valence electrons. The number of unbranched alkanes of at least 4 members (excludes halogenated alkanes) is 23. The van der Waals surface area contributed by atoms with Gasteiger partial charge in [-0.05, 0) is 71.1 Å². The van der Waals surface area contributed by atoms with Crippen LogP contribution in [0.5, 0.6) is 0 Å². The Kier molecular flexibility index (Phi) is 29.8. The van der Waals surface area contributed by atoms with Crippen molar-refractivity contribution in [3.8, 4) is 0 Å². The van der Waals surface area contributed by atoms with Crippen molar-refractivity contribution in [2.45, 2.75) is 207 Å². The van der Waals surface area contributed by atoms with E-state index in [9.17, 15) is 4.79 Å². The van der Waals surface area contributed by atoms with E-state index in [1.807, 2.05) is 0 Å². The maximum Gasteiger partial charge on any atom is 0.270 e. The van der Waals surface area contributed by atoms with Gasteiger partial charge in [-0.3, -0.25) is 9.37 Å². The summed E-state index contributed by atoms with van der Waals surface area (Å²) in [6, 6.07) is 0. The third kappa shape index (κ3) is 25.2. The molecule has 0 aromatic heterocycles. The van der Waals surface area contributed by atoms with E-state index in [4.69, 9.17) is 0 Å². The van der Waals surface area contributed by atoms with Crippen molar-refractivity contribution in [3.63, 3.8) is 0 Å². The highest BCUT2D eigenvalue weighted by molar-refractivity contribution is 5.83. The van der Waals surface area contributed by atoms with Gasteiger partial charge in [-0.15, -0.1) is 0 Å². The van der Waals surface area contributed by atoms with Gasteiger partial charge in [-0.2, -0.15) is 10.4 Å². The minimum atomic E-state index is 0.198. The molecule has 45 heavy (non-hydrogen) atoms. The van der Waals surface area contributed by atoms with Crippen molar-refractivity contribution in [3.05, 3.63) is 24.3 Å². The molecule has 1 N–H and O–H groups in total. The van der Waals surface area contributed by atoms with Crippen LogP contribution in [0.25, 0.3) is 0 Å². The number of allylic oxidation sites excluding steroid dienone is 4. The van der Waals surface area contributed by atoms with Crippen LogP contribution in [-0.4, -0.2) is 41.0 Å². The molecule has 0 saturated carbocycles. The van der Waals surface area contributed by atoms with E-state index < -0.39 is 0 Å². The molecule has 0 bridgehead atoms. The molecule has 1 heterocycles. The third-order valence-corrected chi connectivity index (χ3v) is 9.49. The zero-order chi connectivity index (χ0) is 32.5. The number of carbonyl (C=O) groups is 1. The van der Waals surface area contributed by atoms with Crippen molar-refractivity contribution < 1.29 is 9.37 Å². The fraction of sp³-hybridized carbons (Fsp3) is 0.854. The van der Waals surface area contributed by atoms with Crippen molar-refractivity contribution >= 4 is 11.7 Å². The predicted octanol–water partition coefficient (Wildman–Crippen LogP) is 12.2. The van der Waals surface area contributed by atoms with Crippen LogP contribution in [-0.2, 0) is 4.79 Å². The van der Waals surface area contributed by atoms with Gasteiger partial charge in [0, 0.05) is 6.42 Å². The van der Waals surface area contributed by atoms with Gasteiger partial charge in [0.1, 0.15) is 13.1 Å². The van der Waals surface area contributed by atoms with Gasteiger partial charge >= 0.3 is 0 Å². The lowest BCUT2D eigenvalue weighted by molar-refractivity contribution is -0.515. The molecule has 0 unspecified atom stereocenters. The summed E-state index contributed by atoms with van der Waals surface area (Å²) < 4.78 is 2.46. The molecule has 0 spiro atoms. The van der Waals surface area contributed by atoms with Crippen molar-refractivity contribution in [2.75, 3.05) is 19.6 Å². The molecule has 4 heteroatoms. The summed E-state index contributed by atoms with van der Waals surface area (Å²) in [5.41, 5.74) is 3.25. The Hall–Kier alpha value is -1.58. The maximum atomic E-state index is 12.7. The first-order chi connectivity index (χ1) is 22.2. The SMILES string of the molecule is CCCCCCCC/C=C\CCCCCCCCC1=[N+](CC)CCN1NC(=O)CCCCCCC/C=C\CCCCCCCC. The van der Waals surface area contributed by atoms with Crippen LogP contribution >= 0.6 is 0 Å². The number of amidine groups is 1. The molecule has 1 aliphatic rings. The van der Waals surface area contributed by atoms with E-state index >= 15 is 0 Å². The summed E-state index contributed by atoms with van der Waals surface area (Å²) in [4.78, 5) is 12.7. The second-order valence-corrected chi connectivity index (χ2v) is 13.7. The molecule has 0 saturated heterocycles. The fourth-order valence-corrected chi connectivity index (χ4v) is 6.50. The second kappa shape index (κ2) is 32.4.